The minimum atomic E-state index is 0. The largest absolute Gasteiger partial charge is 0.441 e. The first-order chi connectivity index (χ1) is 16.0. The first-order valence-corrected chi connectivity index (χ1v) is 12.7. The van der Waals surface area contributed by atoms with E-state index in [4.69, 9.17) is 9.40 Å². The second kappa shape index (κ2) is 11.3. The summed E-state index contributed by atoms with van der Waals surface area (Å²) in [5.41, 5.74) is 3.22. The molecule has 2 aromatic rings. The van der Waals surface area contributed by atoms with Gasteiger partial charge in [-0.2, -0.15) is 0 Å². The molecular formula is C27H42N4O2. The van der Waals surface area contributed by atoms with E-state index in [1.807, 2.05) is 19.1 Å². The van der Waals surface area contributed by atoms with E-state index in [0.29, 0.717) is 5.89 Å². The quantitative estimate of drug-likeness (QED) is 0.588. The average Bonchev–Trinajstić information content (AvgIpc) is 3.17. The average molecular weight is 455 g/mol. The zero-order valence-electron chi connectivity index (χ0n) is 20.6. The minimum Gasteiger partial charge on any atom is -0.441 e. The van der Waals surface area contributed by atoms with Gasteiger partial charge in [0.15, 0.2) is 0 Å². The summed E-state index contributed by atoms with van der Waals surface area (Å²) in [4.78, 5) is 22.4. The standard InChI is InChI=1S/C27H40N4O2.H2/c1-20-7-4-9-24(17-20)27-29-25(22(3)33-27)19-31-15-10-23(11-16-31)26(32)28-12-6-14-30-13-5-8-21(2)18-30;/h4,7,9,17,21,23H,5-6,8,10-16,18-19H2,1-3H3,(H,28,32);1H/t21-;/m0./s1. The predicted octanol–water partition coefficient (Wildman–Crippen LogP) is 4.65. The van der Waals surface area contributed by atoms with E-state index in [0.717, 1.165) is 74.9 Å². The highest BCUT2D eigenvalue weighted by atomic mass is 16.4. The van der Waals surface area contributed by atoms with Gasteiger partial charge in [-0.05, 0) is 90.2 Å². The van der Waals surface area contributed by atoms with Gasteiger partial charge in [0.2, 0.25) is 11.8 Å². The van der Waals surface area contributed by atoms with Crippen LogP contribution >= 0.6 is 0 Å². The maximum atomic E-state index is 12.6. The Balaban J connectivity index is 0.00000324. The predicted molar refractivity (Wildman–Crippen MR) is 134 cm³/mol. The number of nitrogens with one attached hydrogen (secondary N) is 1. The van der Waals surface area contributed by atoms with Crippen molar-refractivity contribution in [3.63, 3.8) is 0 Å². The lowest BCUT2D eigenvalue weighted by Gasteiger charge is -2.31. The number of carbonyl (C=O) groups excluding carboxylic acids is 1. The number of hydrogen-bond acceptors (Lipinski definition) is 5. The third-order valence-electron chi connectivity index (χ3n) is 7.18. The zero-order chi connectivity index (χ0) is 23.2. The van der Waals surface area contributed by atoms with Crippen LogP contribution in [0.1, 0.15) is 57.5 Å². The molecule has 1 N–H and O–H groups in total. The van der Waals surface area contributed by atoms with Crippen LogP contribution in [0.5, 0.6) is 0 Å². The van der Waals surface area contributed by atoms with E-state index in [2.05, 4.69) is 41.1 Å². The van der Waals surface area contributed by atoms with Crippen LogP contribution in [0.25, 0.3) is 11.5 Å². The highest BCUT2D eigenvalue weighted by Crippen LogP contribution is 2.25. The molecule has 0 aliphatic carbocycles. The Morgan fingerprint density at radius 2 is 2.00 bits per heavy atom. The molecule has 6 nitrogen and oxygen atoms in total. The SMILES string of the molecule is Cc1cccc(-c2nc(CN3CCC(C(=O)NCCCN4CCC[C@H](C)C4)CC3)c(C)o2)c1.[HH]. The Labute approximate surface area is 200 Å². The molecule has 1 amide bonds. The number of likely N-dealkylation sites (tertiary alicyclic amines) is 2. The van der Waals surface area contributed by atoms with E-state index in [1.54, 1.807) is 0 Å². The van der Waals surface area contributed by atoms with E-state index >= 15 is 0 Å². The van der Waals surface area contributed by atoms with Gasteiger partial charge in [-0.25, -0.2) is 4.98 Å². The molecule has 0 bridgehead atoms. The Hall–Kier alpha value is -2.18. The Morgan fingerprint density at radius 3 is 2.76 bits per heavy atom. The number of oxazole rings is 1. The van der Waals surface area contributed by atoms with Gasteiger partial charge < -0.3 is 14.6 Å². The van der Waals surface area contributed by atoms with Gasteiger partial charge in [-0.15, -0.1) is 0 Å². The van der Waals surface area contributed by atoms with Crippen LogP contribution in [0.4, 0.5) is 0 Å². The van der Waals surface area contributed by atoms with Crippen molar-refractivity contribution >= 4 is 5.91 Å². The molecule has 3 heterocycles. The van der Waals surface area contributed by atoms with Crippen molar-refractivity contribution in [1.82, 2.24) is 20.1 Å². The van der Waals surface area contributed by atoms with Crippen LogP contribution in [0.15, 0.2) is 28.7 Å². The van der Waals surface area contributed by atoms with Gasteiger partial charge in [-0.3, -0.25) is 9.69 Å². The molecule has 4 rings (SSSR count). The topological polar surface area (TPSA) is 61.6 Å². The highest BCUT2D eigenvalue weighted by Gasteiger charge is 2.26. The molecule has 1 aromatic heterocycles. The summed E-state index contributed by atoms with van der Waals surface area (Å²) in [5.74, 6) is 2.76. The molecule has 0 radical (unpaired) electrons. The van der Waals surface area contributed by atoms with Crippen LogP contribution < -0.4 is 5.32 Å². The molecule has 33 heavy (non-hydrogen) atoms. The lowest BCUT2D eigenvalue weighted by atomic mass is 9.95. The normalized spacial score (nSPS) is 20.8. The third-order valence-corrected chi connectivity index (χ3v) is 7.18. The van der Waals surface area contributed by atoms with Crippen LogP contribution in [0.3, 0.4) is 0 Å². The molecule has 1 atom stereocenters. The molecule has 2 fully saturated rings. The van der Waals surface area contributed by atoms with E-state index in [-0.39, 0.29) is 13.3 Å². The smallest absolute Gasteiger partial charge is 0.226 e. The fourth-order valence-corrected chi connectivity index (χ4v) is 5.19. The van der Waals surface area contributed by atoms with Crippen LogP contribution in [0, 0.1) is 25.7 Å². The van der Waals surface area contributed by atoms with Gasteiger partial charge in [-0.1, -0.05) is 24.6 Å². The minimum absolute atomic E-state index is 0. The first kappa shape index (κ1) is 24.0. The van der Waals surface area contributed by atoms with Crippen LogP contribution in [0.2, 0.25) is 0 Å². The maximum absolute atomic E-state index is 12.6. The van der Waals surface area contributed by atoms with E-state index < -0.39 is 0 Å². The van der Waals surface area contributed by atoms with Gasteiger partial charge in [0.25, 0.3) is 0 Å². The summed E-state index contributed by atoms with van der Waals surface area (Å²) in [6.45, 7) is 13.4. The van der Waals surface area contributed by atoms with Gasteiger partial charge in [0.1, 0.15) is 5.76 Å². The molecule has 0 saturated carbocycles. The summed E-state index contributed by atoms with van der Waals surface area (Å²) < 4.78 is 5.96. The summed E-state index contributed by atoms with van der Waals surface area (Å²) in [7, 11) is 0. The number of rotatable bonds is 8. The van der Waals surface area contributed by atoms with Crippen LogP contribution in [-0.4, -0.2) is 60.0 Å². The molecule has 2 aliphatic rings. The Morgan fingerprint density at radius 1 is 1.18 bits per heavy atom. The molecule has 0 spiro atoms. The number of piperidine rings is 2. The van der Waals surface area contributed by atoms with Crippen molar-refractivity contribution in [1.29, 1.82) is 0 Å². The monoisotopic (exact) mass is 454 g/mol. The van der Waals surface area contributed by atoms with Crippen LogP contribution in [-0.2, 0) is 11.3 Å². The van der Waals surface area contributed by atoms with Crippen molar-refractivity contribution in [2.45, 2.75) is 59.4 Å². The van der Waals surface area contributed by atoms with Gasteiger partial charge >= 0.3 is 0 Å². The highest BCUT2D eigenvalue weighted by molar-refractivity contribution is 5.78. The number of aromatic nitrogens is 1. The van der Waals surface area contributed by atoms with E-state index in [9.17, 15) is 4.79 Å². The van der Waals surface area contributed by atoms with Crippen molar-refractivity contribution < 1.29 is 10.6 Å². The molecule has 2 aliphatic heterocycles. The Bertz CT molecular complexity index is 923. The fourth-order valence-electron chi connectivity index (χ4n) is 5.19. The number of amides is 1. The number of carbonyl (C=O) groups is 1. The molecule has 1 aromatic carbocycles. The molecule has 182 valence electrons. The summed E-state index contributed by atoms with van der Waals surface area (Å²) >= 11 is 0. The lowest BCUT2D eigenvalue weighted by molar-refractivity contribution is -0.126. The number of hydrogen-bond donors (Lipinski definition) is 1. The summed E-state index contributed by atoms with van der Waals surface area (Å²) in [5, 5.41) is 3.19. The number of nitrogens with zero attached hydrogens (tertiary/aromatic N) is 3. The zero-order valence-corrected chi connectivity index (χ0v) is 20.6. The third kappa shape index (κ3) is 6.67. The lowest BCUT2D eigenvalue weighted by Crippen LogP contribution is -2.41. The first-order valence-electron chi connectivity index (χ1n) is 12.7. The number of aryl methyl sites for hydroxylation is 2. The second-order valence-electron chi connectivity index (χ2n) is 10.1. The molecular weight excluding hydrogens is 412 g/mol. The van der Waals surface area contributed by atoms with Crippen molar-refractivity contribution in [2.24, 2.45) is 11.8 Å². The van der Waals surface area contributed by atoms with Crippen molar-refractivity contribution in [3.05, 3.63) is 41.3 Å². The molecule has 0 unspecified atom stereocenters. The Kier molecular flexibility index (Phi) is 8.20. The molecule has 2 saturated heterocycles. The fraction of sp³-hybridized carbons (Fsp3) is 0.630. The van der Waals surface area contributed by atoms with Crippen molar-refractivity contribution in [2.75, 3.05) is 39.3 Å². The summed E-state index contributed by atoms with van der Waals surface area (Å²) in [6, 6.07) is 8.26. The van der Waals surface area contributed by atoms with Gasteiger partial charge in [0.05, 0.1) is 5.69 Å². The second-order valence-corrected chi connectivity index (χ2v) is 10.1. The summed E-state index contributed by atoms with van der Waals surface area (Å²) in [6.07, 6.45) is 5.55. The maximum Gasteiger partial charge on any atom is 0.226 e. The van der Waals surface area contributed by atoms with Crippen molar-refractivity contribution in [3.8, 4) is 11.5 Å². The van der Waals surface area contributed by atoms with E-state index in [1.165, 1.54) is 31.5 Å². The number of benzene rings is 1. The molecule has 6 heteroatoms. The van der Waals surface area contributed by atoms with Gasteiger partial charge in [0, 0.05) is 32.5 Å².